The number of aliphatic hydroxyl groups is 1. The largest absolute Gasteiger partial charge is 0.388 e. The quantitative estimate of drug-likeness (QED) is 0.447. The average Bonchev–Trinajstić information content (AvgIpc) is 3.14. The lowest BCUT2D eigenvalue weighted by molar-refractivity contribution is 0.100. The third-order valence-corrected chi connectivity index (χ3v) is 5.76. The van der Waals surface area contributed by atoms with Gasteiger partial charge >= 0.3 is 0 Å². The first kappa shape index (κ1) is 22.8. The van der Waals surface area contributed by atoms with Crippen LogP contribution in [-0.4, -0.2) is 29.7 Å². The van der Waals surface area contributed by atoms with Crippen molar-refractivity contribution < 1.29 is 23.4 Å². The Morgan fingerprint density at radius 1 is 1.29 bits per heavy atom. The number of nitrogens with zero attached hydrogens (tertiary/aromatic N) is 1. The van der Waals surface area contributed by atoms with Crippen molar-refractivity contribution >= 4 is 28.1 Å². The first-order valence-electron chi connectivity index (χ1n) is 9.66. The molecule has 1 amide bonds. The van der Waals surface area contributed by atoms with Gasteiger partial charge in [-0.2, -0.15) is 0 Å². The number of methoxy groups -OCH3 is 1. The minimum atomic E-state index is -0.962. The molecule has 0 fully saturated rings. The Labute approximate surface area is 182 Å². The first-order chi connectivity index (χ1) is 14.8. The number of benzene rings is 1. The molecule has 3 aromatic rings. The molecule has 1 atom stereocenters. The van der Waals surface area contributed by atoms with E-state index in [-0.39, 0.29) is 21.6 Å². The molecule has 3 rings (SSSR count). The normalized spacial score (nSPS) is 12.0. The Kier molecular flexibility index (Phi) is 7.32. The van der Waals surface area contributed by atoms with E-state index in [1.807, 2.05) is 6.07 Å². The molecule has 0 saturated carbocycles. The molecule has 9 heteroatoms. The van der Waals surface area contributed by atoms with E-state index in [0.29, 0.717) is 30.3 Å². The van der Waals surface area contributed by atoms with Crippen LogP contribution in [0.25, 0.3) is 10.4 Å². The second-order valence-corrected chi connectivity index (χ2v) is 7.94. The maximum atomic E-state index is 14.7. The van der Waals surface area contributed by atoms with Gasteiger partial charge in [0.1, 0.15) is 22.5 Å². The molecule has 2 heterocycles. The number of pyridine rings is 1. The minimum Gasteiger partial charge on any atom is -0.388 e. The summed E-state index contributed by atoms with van der Waals surface area (Å²) in [6.45, 7) is 2.22. The van der Waals surface area contributed by atoms with E-state index < -0.39 is 23.6 Å². The summed E-state index contributed by atoms with van der Waals surface area (Å²) in [5.74, 6) is -1.93. The van der Waals surface area contributed by atoms with Crippen molar-refractivity contribution in [3.8, 4) is 10.4 Å². The molecule has 4 N–H and O–H groups in total. The Bertz CT molecular complexity index is 1060. The molecule has 31 heavy (non-hydrogen) atoms. The van der Waals surface area contributed by atoms with E-state index in [9.17, 15) is 18.7 Å². The SMILES string of the molecule is CCC(O)c1cc(F)c(-c2cc(C(N)=O)c(Nc3cccc(CCOC)n3)s2)c(F)c1. The summed E-state index contributed by atoms with van der Waals surface area (Å²) in [5.41, 5.74) is 6.24. The highest BCUT2D eigenvalue weighted by molar-refractivity contribution is 7.20. The number of amides is 1. The molecule has 0 aliphatic heterocycles. The monoisotopic (exact) mass is 447 g/mol. The number of halogens is 2. The molecule has 164 valence electrons. The van der Waals surface area contributed by atoms with Gasteiger partial charge in [0, 0.05) is 24.1 Å². The number of nitrogens with one attached hydrogen (secondary N) is 1. The summed E-state index contributed by atoms with van der Waals surface area (Å²) in [7, 11) is 1.60. The van der Waals surface area contributed by atoms with Gasteiger partial charge < -0.3 is 20.9 Å². The summed E-state index contributed by atoms with van der Waals surface area (Å²) in [6.07, 6.45) is -0.0269. The molecule has 1 aromatic carbocycles. The van der Waals surface area contributed by atoms with E-state index in [1.54, 1.807) is 26.2 Å². The third kappa shape index (κ3) is 5.25. The van der Waals surface area contributed by atoms with Crippen LogP contribution in [0.2, 0.25) is 0 Å². The number of nitrogens with two attached hydrogens (primary N) is 1. The van der Waals surface area contributed by atoms with Gasteiger partial charge in [-0.3, -0.25) is 4.79 Å². The van der Waals surface area contributed by atoms with Gasteiger partial charge in [0.15, 0.2) is 0 Å². The molecule has 0 radical (unpaired) electrons. The van der Waals surface area contributed by atoms with Crippen LogP contribution in [0, 0.1) is 11.6 Å². The fourth-order valence-corrected chi connectivity index (χ4v) is 4.18. The fraction of sp³-hybridized carbons (Fsp3) is 0.273. The molecule has 1 unspecified atom stereocenters. The maximum Gasteiger partial charge on any atom is 0.251 e. The highest BCUT2D eigenvalue weighted by Crippen LogP contribution is 2.39. The van der Waals surface area contributed by atoms with Gasteiger partial charge in [-0.15, -0.1) is 11.3 Å². The number of ether oxygens (including phenoxy) is 1. The zero-order valence-electron chi connectivity index (χ0n) is 17.1. The van der Waals surface area contributed by atoms with E-state index in [4.69, 9.17) is 10.5 Å². The van der Waals surface area contributed by atoms with Crippen molar-refractivity contribution in [1.29, 1.82) is 0 Å². The fourth-order valence-electron chi connectivity index (χ4n) is 3.06. The molecule has 0 bridgehead atoms. The number of primary amides is 1. The Balaban J connectivity index is 1.98. The molecule has 0 saturated heterocycles. The van der Waals surface area contributed by atoms with E-state index in [0.717, 1.165) is 29.2 Å². The standard InChI is InChI=1S/C22H23F2N3O3S/c1-3-17(28)12-9-15(23)20(16(24)10-12)18-11-14(21(25)29)22(31-18)27-19-6-4-5-13(26-19)7-8-30-2/h4-6,9-11,17,28H,3,7-8H2,1-2H3,(H2,25,29)(H,26,27). The van der Waals surface area contributed by atoms with Crippen LogP contribution >= 0.6 is 11.3 Å². The molecule has 0 spiro atoms. The molecule has 0 aliphatic rings. The van der Waals surface area contributed by atoms with Gasteiger partial charge in [-0.25, -0.2) is 13.8 Å². The summed E-state index contributed by atoms with van der Waals surface area (Å²) in [5, 5.41) is 13.2. The molecular weight excluding hydrogens is 424 g/mol. The number of aliphatic hydroxyl groups excluding tert-OH is 1. The predicted octanol–water partition coefficient (Wildman–Crippen LogP) is 4.56. The van der Waals surface area contributed by atoms with Gasteiger partial charge in [0.25, 0.3) is 5.91 Å². The average molecular weight is 448 g/mol. The highest BCUT2D eigenvalue weighted by Gasteiger charge is 2.22. The summed E-state index contributed by atoms with van der Waals surface area (Å²) in [4.78, 5) is 16.6. The number of anilines is 2. The lowest BCUT2D eigenvalue weighted by Gasteiger charge is -2.11. The van der Waals surface area contributed by atoms with Crippen molar-refractivity contribution in [3.63, 3.8) is 0 Å². The second-order valence-electron chi connectivity index (χ2n) is 6.88. The Morgan fingerprint density at radius 2 is 2.00 bits per heavy atom. The second kappa shape index (κ2) is 9.95. The smallest absolute Gasteiger partial charge is 0.251 e. The van der Waals surface area contributed by atoms with E-state index in [2.05, 4.69) is 10.3 Å². The minimum absolute atomic E-state index is 0.0977. The van der Waals surface area contributed by atoms with Gasteiger partial charge in [0.2, 0.25) is 0 Å². The molecular formula is C22H23F2N3O3S. The summed E-state index contributed by atoms with van der Waals surface area (Å²) < 4.78 is 34.5. The molecule has 2 aromatic heterocycles. The van der Waals surface area contributed by atoms with Crippen LogP contribution in [0.1, 0.15) is 41.1 Å². The number of aromatic nitrogens is 1. The number of rotatable bonds is 9. The predicted molar refractivity (Wildman–Crippen MR) is 117 cm³/mol. The number of carbonyl (C=O) groups is 1. The summed E-state index contributed by atoms with van der Waals surface area (Å²) in [6, 6.07) is 8.91. The third-order valence-electron chi connectivity index (χ3n) is 4.69. The van der Waals surface area contributed by atoms with Crippen LogP contribution in [0.15, 0.2) is 36.4 Å². The number of hydrogen-bond donors (Lipinski definition) is 3. The Hall–Kier alpha value is -2.88. The topological polar surface area (TPSA) is 97.5 Å². The van der Waals surface area contributed by atoms with Crippen molar-refractivity contribution in [2.45, 2.75) is 25.9 Å². The zero-order chi connectivity index (χ0) is 22.5. The van der Waals surface area contributed by atoms with E-state index >= 15 is 0 Å². The highest BCUT2D eigenvalue weighted by atomic mass is 32.1. The number of thiophene rings is 1. The maximum absolute atomic E-state index is 14.7. The van der Waals surface area contributed by atoms with Crippen LogP contribution in [0.3, 0.4) is 0 Å². The van der Waals surface area contributed by atoms with Crippen molar-refractivity contribution in [2.24, 2.45) is 5.73 Å². The van der Waals surface area contributed by atoms with Crippen LogP contribution in [0.4, 0.5) is 19.6 Å². The Morgan fingerprint density at radius 3 is 2.61 bits per heavy atom. The van der Waals surface area contributed by atoms with Crippen LogP contribution in [0.5, 0.6) is 0 Å². The summed E-state index contributed by atoms with van der Waals surface area (Å²) >= 11 is 0.989. The van der Waals surface area contributed by atoms with E-state index in [1.165, 1.54) is 6.07 Å². The molecule has 6 nitrogen and oxygen atoms in total. The van der Waals surface area contributed by atoms with Crippen molar-refractivity contribution in [2.75, 3.05) is 19.0 Å². The van der Waals surface area contributed by atoms with Crippen molar-refractivity contribution in [1.82, 2.24) is 4.98 Å². The molecule has 0 aliphatic carbocycles. The van der Waals surface area contributed by atoms with Gasteiger partial charge in [-0.1, -0.05) is 13.0 Å². The number of carbonyl (C=O) groups excluding carboxylic acids is 1. The van der Waals surface area contributed by atoms with Crippen molar-refractivity contribution in [3.05, 3.63) is 64.9 Å². The van der Waals surface area contributed by atoms with Gasteiger partial charge in [0.05, 0.1) is 23.8 Å². The van der Waals surface area contributed by atoms with Crippen LogP contribution < -0.4 is 11.1 Å². The zero-order valence-corrected chi connectivity index (χ0v) is 17.9. The number of hydrogen-bond acceptors (Lipinski definition) is 6. The van der Waals surface area contributed by atoms with Gasteiger partial charge in [-0.05, 0) is 42.3 Å². The lowest BCUT2D eigenvalue weighted by Crippen LogP contribution is -2.11. The lowest BCUT2D eigenvalue weighted by atomic mass is 10.0. The van der Waals surface area contributed by atoms with Crippen LogP contribution in [-0.2, 0) is 11.2 Å². The first-order valence-corrected chi connectivity index (χ1v) is 10.5.